The first-order chi connectivity index (χ1) is 9.83. The van der Waals surface area contributed by atoms with Gasteiger partial charge in [0.05, 0.1) is 10.7 Å². The van der Waals surface area contributed by atoms with E-state index in [1.807, 2.05) is 13.0 Å². The molecule has 2 nitrogen and oxygen atoms in total. The van der Waals surface area contributed by atoms with Crippen molar-refractivity contribution in [3.05, 3.63) is 51.7 Å². The molecule has 0 aliphatic carbocycles. The van der Waals surface area contributed by atoms with E-state index in [9.17, 15) is 4.39 Å². The average molecular weight is 306 g/mol. The molecule has 1 unspecified atom stereocenters. The first-order valence-corrected chi connectivity index (χ1v) is 8.13. The van der Waals surface area contributed by atoms with Gasteiger partial charge in [0, 0.05) is 23.4 Å². The molecule has 0 spiro atoms. The van der Waals surface area contributed by atoms with E-state index < -0.39 is 0 Å². The minimum absolute atomic E-state index is 0.0452. The van der Waals surface area contributed by atoms with Gasteiger partial charge in [0.15, 0.2) is 0 Å². The molecule has 21 heavy (non-hydrogen) atoms. The third-order valence-electron chi connectivity index (χ3n) is 3.32. The lowest BCUT2D eigenvalue weighted by molar-refractivity contribution is 0.404. The molecule has 1 atom stereocenters. The van der Waals surface area contributed by atoms with Gasteiger partial charge in [-0.25, -0.2) is 9.37 Å². The van der Waals surface area contributed by atoms with E-state index in [1.54, 1.807) is 23.5 Å². The summed E-state index contributed by atoms with van der Waals surface area (Å²) in [4.78, 5) is 4.54. The largest absolute Gasteiger partial charge is 0.311 e. The summed E-state index contributed by atoms with van der Waals surface area (Å²) in [6.45, 7) is 9.25. The summed E-state index contributed by atoms with van der Waals surface area (Å²) in [5.41, 5.74) is 2.16. The second kappa shape index (κ2) is 6.67. The standard InChI is InChI=1S/C17H23FN2S/c1-12-20-16(11-21-12)9-14(10-19-17(2,3)4)13-6-5-7-15(18)8-13/h5-8,11,14,19H,9-10H2,1-4H3. The van der Waals surface area contributed by atoms with Crippen molar-refractivity contribution in [1.29, 1.82) is 0 Å². The summed E-state index contributed by atoms with van der Waals surface area (Å²) < 4.78 is 13.5. The number of rotatable bonds is 5. The van der Waals surface area contributed by atoms with Gasteiger partial charge in [-0.15, -0.1) is 11.3 Å². The fourth-order valence-corrected chi connectivity index (χ4v) is 2.88. The molecule has 0 radical (unpaired) electrons. The molecule has 0 amide bonds. The lowest BCUT2D eigenvalue weighted by Gasteiger charge is -2.25. The monoisotopic (exact) mass is 306 g/mol. The molecule has 0 saturated heterocycles. The number of nitrogens with zero attached hydrogens (tertiary/aromatic N) is 1. The van der Waals surface area contributed by atoms with Crippen LogP contribution in [0.3, 0.4) is 0 Å². The molecule has 4 heteroatoms. The van der Waals surface area contributed by atoms with Gasteiger partial charge >= 0.3 is 0 Å². The van der Waals surface area contributed by atoms with Crippen LogP contribution < -0.4 is 5.32 Å². The zero-order valence-electron chi connectivity index (χ0n) is 13.1. The van der Waals surface area contributed by atoms with Crippen LogP contribution in [0.4, 0.5) is 4.39 Å². The minimum atomic E-state index is -0.178. The maximum atomic E-state index is 13.5. The van der Waals surface area contributed by atoms with Crippen molar-refractivity contribution in [3.63, 3.8) is 0 Å². The predicted molar refractivity (Wildman–Crippen MR) is 87.5 cm³/mol. The lowest BCUT2D eigenvalue weighted by Crippen LogP contribution is -2.39. The summed E-state index contributed by atoms with van der Waals surface area (Å²) in [5, 5.41) is 6.69. The van der Waals surface area contributed by atoms with Crippen LogP contribution in [0.25, 0.3) is 0 Å². The third-order valence-corrected chi connectivity index (χ3v) is 4.14. The van der Waals surface area contributed by atoms with Crippen molar-refractivity contribution in [1.82, 2.24) is 10.3 Å². The van der Waals surface area contributed by atoms with Gasteiger partial charge in [-0.3, -0.25) is 0 Å². The SMILES string of the molecule is Cc1nc(CC(CNC(C)(C)C)c2cccc(F)c2)cs1. The van der Waals surface area contributed by atoms with E-state index in [2.05, 4.69) is 36.5 Å². The van der Waals surface area contributed by atoms with Crippen molar-refractivity contribution in [2.24, 2.45) is 0 Å². The summed E-state index contributed by atoms with van der Waals surface area (Å²) in [7, 11) is 0. The molecule has 2 rings (SSSR count). The van der Waals surface area contributed by atoms with Gasteiger partial charge in [0.25, 0.3) is 0 Å². The molecule has 0 bridgehead atoms. The van der Waals surface area contributed by atoms with E-state index in [4.69, 9.17) is 0 Å². The highest BCUT2D eigenvalue weighted by Crippen LogP contribution is 2.23. The average Bonchev–Trinajstić information content (AvgIpc) is 2.79. The molecular weight excluding hydrogens is 283 g/mol. The molecular formula is C17H23FN2S. The summed E-state index contributed by atoms with van der Waals surface area (Å²) >= 11 is 1.66. The number of thiazole rings is 1. The quantitative estimate of drug-likeness (QED) is 0.890. The Morgan fingerprint density at radius 2 is 2.10 bits per heavy atom. The first-order valence-electron chi connectivity index (χ1n) is 7.25. The molecule has 0 saturated carbocycles. The highest BCUT2D eigenvalue weighted by Gasteiger charge is 2.18. The van der Waals surface area contributed by atoms with Crippen LogP contribution in [-0.4, -0.2) is 17.1 Å². The second-order valence-electron chi connectivity index (χ2n) is 6.44. The van der Waals surface area contributed by atoms with Crippen LogP contribution in [0, 0.1) is 12.7 Å². The molecule has 114 valence electrons. The van der Waals surface area contributed by atoms with Crippen LogP contribution in [-0.2, 0) is 6.42 Å². The van der Waals surface area contributed by atoms with E-state index in [0.29, 0.717) is 0 Å². The number of nitrogens with one attached hydrogen (secondary N) is 1. The lowest BCUT2D eigenvalue weighted by atomic mass is 9.93. The molecule has 1 aromatic heterocycles. The molecule has 0 fully saturated rings. The Labute approximate surface area is 130 Å². The van der Waals surface area contributed by atoms with E-state index in [-0.39, 0.29) is 17.3 Å². The highest BCUT2D eigenvalue weighted by atomic mass is 32.1. The zero-order valence-corrected chi connectivity index (χ0v) is 13.9. The number of aromatic nitrogens is 1. The van der Waals surface area contributed by atoms with Crippen molar-refractivity contribution in [3.8, 4) is 0 Å². The van der Waals surface area contributed by atoms with Gasteiger partial charge < -0.3 is 5.32 Å². The molecule has 1 N–H and O–H groups in total. The second-order valence-corrected chi connectivity index (χ2v) is 7.51. The topological polar surface area (TPSA) is 24.9 Å². The van der Waals surface area contributed by atoms with Gasteiger partial charge in [0.1, 0.15) is 5.82 Å². The number of aryl methyl sites for hydroxylation is 1. The Morgan fingerprint density at radius 1 is 1.33 bits per heavy atom. The van der Waals surface area contributed by atoms with Crippen LogP contribution in [0.5, 0.6) is 0 Å². The Balaban J connectivity index is 2.17. The Morgan fingerprint density at radius 3 is 2.67 bits per heavy atom. The fourth-order valence-electron chi connectivity index (χ4n) is 2.25. The Hall–Kier alpha value is -1.26. The molecule has 1 heterocycles. The van der Waals surface area contributed by atoms with Crippen molar-refractivity contribution < 1.29 is 4.39 Å². The summed E-state index contributed by atoms with van der Waals surface area (Å²) in [5.74, 6) is 0.0455. The normalized spacial score (nSPS) is 13.4. The fraction of sp³-hybridized carbons (Fsp3) is 0.471. The van der Waals surface area contributed by atoms with Crippen LogP contribution in [0.2, 0.25) is 0 Å². The Kier molecular flexibility index (Phi) is 5.12. The molecule has 0 aliphatic heterocycles. The van der Waals surface area contributed by atoms with Crippen LogP contribution in [0.15, 0.2) is 29.6 Å². The van der Waals surface area contributed by atoms with Crippen LogP contribution in [0.1, 0.15) is 43.0 Å². The molecule has 2 aromatic rings. The van der Waals surface area contributed by atoms with Gasteiger partial charge in [-0.2, -0.15) is 0 Å². The number of halogens is 1. The number of hydrogen-bond donors (Lipinski definition) is 1. The maximum Gasteiger partial charge on any atom is 0.123 e. The first kappa shape index (κ1) is 16.1. The summed E-state index contributed by atoms with van der Waals surface area (Å²) in [6, 6.07) is 6.90. The third kappa shape index (κ3) is 5.21. The van der Waals surface area contributed by atoms with Crippen molar-refractivity contribution in [2.45, 2.75) is 45.6 Å². The zero-order chi connectivity index (χ0) is 15.5. The minimum Gasteiger partial charge on any atom is -0.311 e. The van der Waals surface area contributed by atoms with E-state index >= 15 is 0 Å². The number of hydrogen-bond acceptors (Lipinski definition) is 3. The smallest absolute Gasteiger partial charge is 0.123 e. The van der Waals surface area contributed by atoms with E-state index in [0.717, 1.165) is 29.2 Å². The highest BCUT2D eigenvalue weighted by molar-refractivity contribution is 7.09. The predicted octanol–water partition coefficient (Wildman–Crippen LogP) is 4.31. The van der Waals surface area contributed by atoms with E-state index in [1.165, 1.54) is 6.07 Å². The molecule has 1 aromatic carbocycles. The van der Waals surface area contributed by atoms with Crippen LogP contribution >= 0.6 is 11.3 Å². The van der Waals surface area contributed by atoms with Gasteiger partial charge in [-0.05, 0) is 51.8 Å². The van der Waals surface area contributed by atoms with Gasteiger partial charge in [0.2, 0.25) is 0 Å². The van der Waals surface area contributed by atoms with Crippen molar-refractivity contribution >= 4 is 11.3 Å². The molecule has 0 aliphatic rings. The van der Waals surface area contributed by atoms with Gasteiger partial charge in [-0.1, -0.05) is 12.1 Å². The Bertz CT molecular complexity index is 586. The maximum absolute atomic E-state index is 13.5. The summed E-state index contributed by atoms with van der Waals surface area (Å²) in [6.07, 6.45) is 0.830. The number of benzene rings is 1. The van der Waals surface area contributed by atoms with Crippen molar-refractivity contribution in [2.75, 3.05) is 6.54 Å².